The number of amides is 2. The van der Waals surface area contributed by atoms with Crippen LogP contribution >= 0.6 is 0 Å². The number of aromatic amines is 1. The highest BCUT2D eigenvalue weighted by Crippen LogP contribution is 2.57. The molecule has 7 heteroatoms. The topological polar surface area (TPSA) is 87.3 Å². The van der Waals surface area contributed by atoms with Crippen LogP contribution in [0.15, 0.2) is 6.20 Å². The predicted molar refractivity (Wildman–Crippen MR) is 108 cm³/mol. The first-order valence-electron chi connectivity index (χ1n) is 11.2. The normalized spacial score (nSPS) is 35.7. The molecule has 2 amide bonds. The summed E-state index contributed by atoms with van der Waals surface area (Å²) >= 11 is 0. The van der Waals surface area contributed by atoms with E-state index in [1.165, 1.54) is 39.2 Å². The van der Waals surface area contributed by atoms with E-state index in [-0.39, 0.29) is 24.3 Å². The Hall–Kier alpha value is -1.89. The van der Waals surface area contributed by atoms with Gasteiger partial charge in [-0.1, -0.05) is 0 Å². The number of anilines is 1. The highest BCUT2D eigenvalue weighted by molar-refractivity contribution is 5.92. The number of carbonyl (C=O) groups is 2. The monoisotopic (exact) mass is 400 g/mol. The van der Waals surface area contributed by atoms with Crippen molar-refractivity contribution in [3.8, 4) is 0 Å². The van der Waals surface area contributed by atoms with Gasteiger partial charge >= 0.3 is 0 Å². The van der Waals surface area contributed by atoms with Gasteiger partial charge < -0.3 is 15.0 Å². The average Bonchev–Trinajstić information content (AvgIpc) is 3.15. The molecule has 0 spiro atoms. The van der Waals surface area contributed by atoms with E-state index in [2.05, 4.69) is 20.4 Å². The van der Waals surface area contributed by atoms with Gasteiger partial charge in [0.2, 0.25) is 11.8 Å². The van der Waals surface area contributed by atoms with Crippen LogP contribution in [0.1, 0.15) is 56.6 Å². The van der Waals surface area contributed by atoms with E-state index in [0.717, 1.165) is 43.5 Å². The van der Waals surface area contributed by atoms with Crippen molar-refractivity contribution in [3.63, 3.8) is 0 Å². The maximum absolute atomic E-state index is 13.6. The quantitative estimate of drug-likeness (QED) is 0.796. The van der Waals surface area contributed by atoms with Crippen LogP contribution in [0.5, 0.6) is 0 Å². The van der Waals surface area contributed by atoms with Gasteiger partial charge in [-0.15, -0.1) is 0 Å². The van der Waals surface area contributed by atoms with Gasteiger partial charge in [-0.2, -0.15) is 5.10 Å². The van der Waals surface area contributed by atoms with Crippen LogP contribution in [0.25, 0.3) is 0 Å². The minimum absolute atomic E-state index is 0.0202. The molecule has 29 heavy (non-hydrogen) atoms. The van der Waals surface area contributed by atoms with Gasteiger partial charge in [0, 0.05) is 32.0 Å². The van der Waals surface area contributed by atoms with E-state index >= 15 is 0 Å². The molecule has 1 aliphatic heterocycles. The molecule has 158 valence electrons. The second-order valence-corrected chi connectivity index (χ2v) is 9.76. The molecular weight excluding hydrogens is 368 g/mol. The highest BCUT2D eigenvalue weighted by Gasteiger charge is 2.51. The first-order valence-corrected chi connectivity index (χ1v) is 11.2. The summed E-state index contributed by atoms with van der Waals surface area (Å²) in [6.45, 7) is 1.60. The number of hydrogen-bond donors (Lipinski definition) is 2. The molecule has 7 nitrogen and oxygen atoms in total. The molecule has 6 rings (SSSR count). The Morgan fingerprint density at radius 3 is 2.62 bits per heavy atom. The summed E-state index contributed by atoms with van der Waals surface area (Å²) in [6, 6.07) is 0. The third kappa shape index (κ3) is 3.58. The molecule has 2 heterocycles. The number of ether oxygens (including phenoxy) is 1. The van der Waals surface area contributed by atoms with Crippen molar-refractivity contribution in [2.24, 2.45) is 29.6 Å². The van der Waals surface area contributed by atoms with Gasteiger partial charge in [-0.25, -0.2) is 0 Å². The maximum atomic E-state index is 13.6. The molecule has 5 fully saturated rings. The summed E-state index contributed by atoms with van der Waals surface area (Å²) in [5.74, 6) is 3.66. The summed E-state index contributed by atoms with van der Waals surface area (Å²) in [5, 5.41) is 10.1. The van der Waals surface area contributed by atoms with Crippen molar-refractivity contribution in [2.75, 3.05) is 32.1 Å². The van der Waals surface area contributed by atoms with Crippen molar-refractivity contribution in [1.29, 1.82) is 0 Å². The van der Waals surface area contributed by atoms with E-state index in [4.69, 9.17) is 4.74 Å². The molecule has 2 N–H and O–H groups in total. The predicted octanol–water partition coefficient (Wildman–Crippen LogP) is 2.77. The first-order chi connectivity index (χ1) is 14.1. The number of rotatable bonds is 5. The number of likely N-dealkylation sites (tertiary alicyclic amines) is 1. The van der Waals surface area contributed by atoms with E-state index in [9.17, 15) is 9.59 Å². The molecule has 1 aromatic rings. The van der Waals surface area contributed by atoms with Crippen molar-refractivity contribution in [1.82, 2.24) is 15.1 Å². The van der Waals surface area contributed by atoms with Gasteiger partial charge in [0.05, 0.1) is 17.6 Å². The average molecular weight is 401 g/mol. The van der Waals surface area contributed by atoms with E-state index in [1.807, 2.05) is 0 Å². The Kier molecular flexibility index (Phi) is 5.10. The molecule has 0 aromatic carbocycles. The van der Waals surface area contributed by atoms with Crippen LogP contribution in [0.2, 0.25) is 0 Å². The van der Waals surface area contributed by atoms with Crippen LogP contribution < -0.4 is 5.32 Å². The van der Waals surface area contributed by atoms with Crippen LogP contribution in [-0.4, -0.2) is 53.7 Å². The third-order valence-electron chi connectivity index (χ3n) is 7.87. The lowest BCUT2D eigenvalue weighted by Crippen LogP contribution is -2.53. The number of aromatic nitrogens is 2. The lowest BCUT2D eigenvalue weighted by Gasteiger charge is -2.54. The molecule has 4 saturated carbocycles. The molecular formula is C22H32N4O3. The smallest absolute Gasteiger partial charge is 0.250 e. The zero-order chi connectivity index (χ0) is 20.0. The largest absolute Gasteiger partial charge is 0.375 e. The van der Waals surface area contributed by atoms with Crippen molar-refractivity contribution in [2.45, 2.75) is 50.9 Å². The van der Waals surface area contributed by atoms with Crippen molar-refractivity contribution >= 4 is 17.5 Å². The van der Waals surface area contributed by atoms with E-state index < -0.39 is 0 Å². The number of nitrogens with zero attached hydrogens (tertiary/aromatic N) is 2. The summed E-state index contributed by atoms with van der Waals surface area (Å²) in [5.41, 5.74) is 1.64. The molecule has 0 radical (unpaired) electrons. The maximum Gasteiger partial charge on any atom is 0.250 e. The standard InChI is InChI=1S/C22H32N4O3/c1-29-12-19(27)24-18-10-23-25-21(18)15-3-2-4-26(11-15)22(28)20-16-6-13-5-14(8-16)9-17(20)7-13/h10,13-17,20H,2-9,11-12H2,1H3,(H,23,25)(H,24,27). The molecule has 4 bridgehead atoms. The molecule has 1 aromatic heterocycles. The van der Waals surface area contributed by atoms with Crippen molar-refractivity contribution < 1.29 is 14.3 Å². The minimum Gasteiger partial charge on any atom is -0.375 e. The lowest BCUT2D eigenvalue weighted by atomic mass is 9.51. The summed E-state index contributed by atoms with van der Waals surface area (Å²) in [6.07, 6.45) is 10.2. The summed E-state index contributed by atoms with van der Waals surface area (Å²) < 4.78 is 4.90. The lowest BCUT2D eigenvalue weighted by molar-refractivity contribution is -0.150. The number of piperidine rings is 1. The van der Waals surface area contributed by atoms with Gasteiger partial charge in [-0.05, 0) is 68.6 Å². The Bertz CT molecular complexity index is 748. The Morgan fingerprint density at radius 1 is 1.21 bits per heavy atom. The third-order valence-corrected chi connectivity index (χ3v) is 7.87. The molecule has 5 aliphatic rings. The fourth-order valence-corrected chi connectivity index (χ4v) is 6.98. The second-order valence-electron chi connectivity index (χ2n) is 9.76. The van der Waals surface area contributed by atoms with Gasteiger partial charge in [0.1, 0.15) is 6.61 Å². The van der Waals surface area contributed by atoms with Crippen LogP contribution in [0, 0.1) is 29.6 Å². The number of carbonyl (C=O) groups excluding carboxylic acids is 2. The minimum atomic E-state index is -0.188. The van der Waals surface area contributed by atoms with Gasteiger partial charge in [-0.3, -0.25) is 14.7 Å². The van der Waals surface area contributed by atoms with Gasteiger partial charge in [0.25, 0.3) is 0 Å². The van der Waals surface area contributed by atoms with Crippen LogP contribution in [0.4, 0.5) is 5.69 Å². The zero-order valence-corrected chi connectivity index (χ0v) is 17.2. The number of methoxy groups -OCH3 is 1. The second kappa shape index (κ2) is 7.74. The summed E-state index contributed by atoms with van der Waals surface area (Å²) in [7, 11) is 1.50. The first kappa shape index (κ1) is 19.1. The molecule has 4 aliphatic carbocycles. The molecule has 1 unspecified atom stereocenters. The number of hydrogen-bond acceptors (Lipinski definition) is 4. The van der Waals surface area contributed by atoms with Crippen molar-refractivity contribution in [3.05, 3.63) is 11.9 Å². The Balaban J connectivity index is 1.27. The van der Waals surface area contributed by atoms with Gasteiger partial charge in [0.15, 0.2) is 0 Å². The number of nitrogens with one attached hydrogen (secondary N) is 2. The molecule has 1 atom stereocenters. The highest BCUT2D eigenvalue weighted by atomic mass is 16.5. The fourth-order valence-electron chi connectivity index (χ4n) is 6.98. The summed E-state index contributed by atoms with van der Waals surface area (Å²) in [4.78, 5) is 27.6. The van der Waals surface area contributed by atoms with E-state index in [1.54, 1.807) is 6.20 Å². The van der Waals surface area contributed by atoms with E-state index in [0.29, 0.717) is 23.4 Å². The fraction of sp³-hybridized carbons (Fsp3) is 0.773. The van der Waals surface area contributed by atoms with Crippen LogP contribution in [0.3, 0.4) is 0 Å². The Labute approximate surface area is 171 Å². The SMILES string of the molecule is COCC(=O)Nc1cn[nH]c1C1CCCN(C(=O)C2C3CC4CC(C3)CC2C4)C1. The van der Waals surface area contributed by atoms with Crippen LogP contribution in [-0.2, 0) is 14.3 Å². The Morgan fingerprint density at radius 2 is 1.93 bits per heavy atom. The zero-order valence-electron chi connectivity index (χ0n) is 17.2. The molecule has 1 saturated heterocycles. The number of H-pyrrole nitrogens is 1.